The van der Waals surface area contributed by atoms with E-state index in [1.54, 1.807) is 6.07 Å². The van der Waals surface area contributed by atoms with E-state index in [0.717, 1.165) is 11.1 Å². The molecule has 0 aromatic heterocycles. The van der Waals surface area contributed by atoms with Gasteiger partial charge in [0.1, 0.15) is 0 Å². The van der Waals surface area contributed by atoms with Crippen molar-refractivity contribution in [3.05, 3.63) is 29.3 Å². The lowest BCUT2D eigenvalue weighted by atomic mass is 10.1. The van der Waals surface area contributed by atoms with Gasteiger partial charge in [0.2, 0.25) is 0 Å². The number of aryl methyl sites for hydroxylation is 1. The zero-order valence-electron chi connectivity index (χ0n) is 7.76. The van der Waals surface area contributed by atoms with Crippen LogP contribution >= 0.6 is 0 Å². The van der Waals surface area contributed by atoms with Gasteiger partial charge in [-0.15, -0.1) is 0 Å². The van der Waals surface area contributed by atoms with Crippen LogP contribution in [0.15, 0.2) is 23.1 Å². The smallest absolute Gasteiger partial charge is 0.0188 e. The fraction of sp³-hybridized carbons (Fsp3) is 0.333. The summed E-state index contributed by atoms with van der Waals surface area (Å²) in [6.45, 7) is 2.64. The normalized spacial score (nSPS) is 10.7. The zero-order chi connectivity index (χ0) is 9.84. The molecule has 13 heavy (non-hydrogen) atoms. The standard InChI is InChI=1S/C9H13N2OS/c1-7-3-4-9(13(10)12)8(5-7)6-11-2/h3-5,10-11H,6H2,1-2H3/q-1. The van der Waals surface area contributed by atoms with Crippen LogP contribution in [0.25, 0.3) is 0 Å². The van der Waals surface area contributed by atoms with Gasteiger partial charge < -0.3 is 14.3 Å². The molecule has 0 aliphatic heterocycles. The van der Waals surface area contributed by atoms with Crippen LogP contribution < -0.4 is 5.32 Å². The molecule has 1 aromatic carbocycles. The third-order valence-corrected chi connectivity index (χ3v) is 2.58. The van der Waals surface area contributed by atoms with E-state index in [0.29, 0.717) is 11.4 Å². The highest BCUT2D eigenvalue weighted by Crippen LogP contribution is 2.13. The first kappa shape index (κ1) is 10.2. The quantitative estimate of drug-likeness (QED) is 0.726. The van der Waals surface area contributed by atoms with Crippen molar-refractivity contribution in [2.75, 3.05) is 7.05 Å². The summed E-state index contributed by atoms with van der Waals surface area (Å²) in [4.78, 5) is 0.597. The van der Waals surface area contributed by atoms with Gasteiger partial charge in [0.15, 0.2) is 0 Å². The highest BCUT2D eigenvalue weighted by molar-refractivity contribution is 7.73. The molecule has 0 heterocycles. The molecule has 0 spiro atoms. The van der Waals surface area contributed by atoms with Crippen molar-refractivity contribution in [3.63, 3.8) is 0 Å². The SMILES string of the molecule is CNCc1cc(C)ccc1[S-](=N)=O. The minimum atomic E-state index is -1.64. The zero-order valence-corrected chi connectivity index (χ0v) is 8.57. The maximum Gasteiger partial charge on any atom is 0.0188 e. The van der Waals surface area contributed by atoms with Crippen LogP contribution in [-0.2, 0) is 21.3 Å². The van der Waals surface area contributed by atoms with Crippen LogP contribution in [0.1, 0.15) is 11.1 Å². The van der Waals surface area contributed by atoms with Gasteiger partial charge in [0.25, 0.3) is 0 Å². The van der Waals surface area contributed by atoms with Gasteiger partial charge in [-0.3, -0.25) is 0 Å². The highest BCUT2D eigenvalue weighted by atomic mass is 32.2. The molecular weight excluding hydrogens is 184 g/mol. The van der Waals surface area contributed by atoms with Crippen molar-refractivity contribution in [1.82, 2.24) is 5.32 Å². The second-order valence-corrected chi connectivity index (χ2v) is 3.89. The Bertz CT molecular complexity index is 364. The monoisotopic (exact) mass is 197 g/mol. The predicted molar refractivity (Wildman–Crippen MR) is 53.0 cm³/mol. The molecule has 0 amide bonds. The van der Waals surface area contributed by atoms with Crippen LogP contribution in [0, 0.1) is 11.7 Å². The van der Waals surface area contributed by atoms with E-state index in [1.165, 1.54) is 0 Å². The second kappa shape index (κ2) is 4.39. The van der Waals surface area contributed by atoms with Crippen molar-refractivity contribution in [2.24, 2.45) is 0 Å². The van der Waals surface area contributed by atoms with Gasteiger partial charge in [-0.2, -0.15) is 10.6 Å². The number of hydrogen-bond acceptors (Lipinski definition) is 4. The van der Waals surface area contributed by atoms with E-state index in [9.17, 15) is 4.21 Å². The first-order chi connectivity index (χ1) is 6.15. The number of benzene rings is 1. The summed E-state index contributed by atoms with van der Waals surface area (Å²) in [7, 11) is 0.192. The Balaban J connectivity index is 3.18. The molecule has 4 heteroatoms. The Kier molecular flexibility index (Phi) is 3.45. The summed E-state index contributed by atoms with van der Waals surface area (Å²) in [5, 5.41) is 2.99. The Hall–Kier alpha value is -0.870. The van der Waals surface area contributed by atoms with Gasteiger partial charge in [-0.25, -0.2) is 0 Å². The van der Waals surface area contributed by atoms with Gasteiger partial charge in [-0.1, -0.05) is 28.7 Å². The summed E-state index contributed by atoms with van der Waals surface area (Å²) in [6, 6.07) is 5.59. The Morgan fingerprint density at radius 1 is 1.54 bits per heavy atom. The van der Waals surface area contributed by atoms with Gasteiger partial charge in [0, 0.05) is 6.54 Å². The molecule has 1 rings (SSSR count). The summed E-state index contributed by atoms with van der Waals surface area (Å²) in [5.41, 5.74) is 2.07. The van der Waals surface area contributed by atoms with Crippen molar-refractivity contribution >= 4 is 10.6 Å². The molecule has 0 unspecified atom stereocenters. The molecule has 3 nitrogen and oxygen atoms in total. The van der Waals surface area contributed by atoms with Gasteiger partial charge >= 0.3 is 0 Å². The lowest BCUT2D eigenvalue weighted by Crippen LogP contribution is -2.07. The molecule has 0 radical (unpaired) electrons. The fourth-order valence-electron chi connectivity index (χ4n) is 1.22. The van der Waals surface area contributed by atoms with Crippen LogP contribution in [0.2, 0.25) is 0 Å². The van der Waals surface area contributed by atoms with E-state index in [2.05, 4.69) is 5.32 Å². The van der Waals surface area contributed by atoms with Gasteiger partial charge in [-0.05, 0) is 19.5 Å². The van der Waals surface area contributed by atoms with Crippen molar-refractivity contribution in [2.45, 2.75) is 18.4 Å². The number of rotatable bonds is 3. The third kappa shape index (κ3) is 2.54. The van der Waals surface area contributed by atoms with E-state index in [-0.39, 0.29) is 0 Å². The number of hydrogen-bond donors (Lipinski definition) is 2. The maximum absolute atomic E-state index is 11.0. The molecule has 0 fully saturated rings. The van der Waals surface area contributed by atoms with Crippen LogP contribution in [0.4, 0.5) is 0 Å². The molecular formula is C9H13N2OS-. The van der Waals surface area contributed by atoms with E-state index < -0.39 is 10.6 Å². The molecule has 0 atom stereocenters. The average Bonchev–Trinajstić information content (AvgIpc) is 2.04. The average molecular weight is 197 g/mol. The van der Waals surface area contributed by atoms with E-state index in [4.69, 9.17) is 4.78 Å². The third-order valence-electron chi connectivity index (χ3n) is 1.78. The molecule has 2 N–H and O–H groups in total. The minimum absolute atomic E-state index is 0.597. The Morgan fingerprint density at radius 2 is 2.23 bits per heavy atom. The first-order valence-corrected chi connectivity index (χ1v) is 5.17. The highest BCUT2D eigenvalue weighted by Gasteiger charge is 1.95. The van der Waals surface area contributed by atoms with Crippen LogP contribution in [0.3, 0.4) is 0 Å². The lowest BCUT2D eigenvalue weighted by molar-refractivity contribution is 0.598. The largest absolute Gasteiger partial charge is 0.440 e. The molecule has 72 valence electrons. The van der Waals surface area contributed by atoms with Crippen molar-refractivity contribution in [1.29, 1.82) is 4.78 Å². The molecule has 0 saturated carbocycles. The first-order valence-electron chi connectivity index (χ1n) is 4.02. The van der Waals surface area contributed by atoms with Crippen LogP contribution in [0.5, 0.6) is 0 Å². The molecule has 0 saturated heterocycles. The Morgan fingerprint density at radius 3 is 2.77 bits per heavy atom. The molecule has 1 aromatic rings. The lowest BCUT2D eigenvalue weighted by Gasteiger charge is -2.11. The predicted octanol–water partition coefficient (Wildman–Crippen LogP) is 1.80. The van der Waals surface area contributed by atoms with E-state index in [1.807, 2.05) is 26.1 Å². The fourth-order valence-corrected chi connectivity index (χ4v) is 1.78. The molecule has 0 aliphatic carbocycles. The maximum atomic E-state index is 11.0. The minimum Gasteiger partial charge on any atom is -0.440 e. The summed E-state index contributed by atoms with van der Waals surface area (Å²) in [6.07, 6.45) is 0. The van der Waals surface area contributed by atoms with Gasteiger partial charge in [0.05, 0.1) is 0 Å². The van der Waals surface area contributed by atoms with Crippen molar-refractivity contribution < 1.29 is 4.21 Å². The van der Waals surface area contributed by atoms with Crippen LogP contribution in [-0.4, -0.2) is 7.05 Å². The molecule has 0 bridgehead atoms. The van der Waals surface area contributed by atoms with Crippen molar-refractivity contribution in [3.8, 4) is 0 Å². The Labute approximate surface area is 80.2 Å². The molecule has 0 aliphatic rings. The summed E-state index contributed by atoms with van der Waals surface area (Å²) in [5.74, 6) is 0. The summed E-state index contributed by atoms with van der Waals surface area (Å²) < 4.78 is 18.2. The topological polar surface area (TPSA) is 53.0 Å². The summed E-state index contributed by atoms with van der Waals surface area (Å²) >= 11 is 0. The second-order valence-electron chi connectivity index (χ2n) is 2.91. The number of nitrogens with one attached hydrogen (secondary N) is 2. The van der Waals surface area contributed by atoms with E-state index >= 15 is 0 Å².